The number of thiophene rings is 1. The third-order valence-electron chi connectivity index (χ3n) is 4.18. The number of rotatable bonds is 2. The van der Waals surface area contributed by atoms with Crippen molar-refractivity contribution in [2.45, 2.75) is 12.1 Å². The summed E-state index contributed by atoms with van der Waals surface area (Å²) in [5, 5.41) is 3.68. The predicted octanol–water partition coefficient (Wildman–Crippen LogP) is 2.22. The van der Waals surface area contributed by atoms with Crippen molar-refractivity contribution in [2.75, 3.05) is 12.1 Å². The van der Waals surface area contributed by atoms with Crippen LogP contribution in [-0.2, 0) is 14.4 Å². The Balaban J connectivity index is 1.80. The summed E-state index contributed by atoms with van der Waals surface area (Å²) in [7, 11) is 1.52. The molecule has 0 N–H and O–H groups in total. The number of benzene rings is 1. The normalized spacial score (nSPS) is 27.6. The summed E-state index contributed by atoms with van der Waals surface area (Å²) in [6, 6.07) is 13.2. The summed E-state index contributed by atoms with van der Waals surface area (Å²) in [6.45, 7) is 0. The lowest BCUT2D eigenvalue weighted by Crippen LogP contribution is -2.34. The van der Waals surface area contributed by atoms with Gasteiger partial charge in [0.15, 0.2) is 6.10 Å². The molecule has 2 aromatic rings. The average Bonchev–Trinajstić information content (AvgIpc) is 3.23. The molecule has 3 atom stereocenters. The molecule has 0 radical (unpaired) electrons. The van der Waals surface area contributed by atoms with E-state index in [2.05, 4.69) is 0 Å². The van der Waals surface area contributed by atoms with Crippen molar-refractivity contribution in [3.63, 3.8) is 0 Å². The van der Waals surface area contributed by atoms with Crippen LogP contribution in [0, 0.1) is 5.92 Å². The number of anilines is 1. The Morgan fingerprint density at radius 1 is 1.05 bits per heavy atom. The Labute approximate surface area is 131 Å². The molecule has 1 aromatic heterocycles. The third-order valence-corrected chi connectivity index (χ3v) is 5.12. The van der Waals surface area contributed by atoms with E-state index in [1.165, 1.54) is 11.9 Å². The maximum atomic E-state index is 12.5. The van der Waals surface area contributed by atoms with Crippen molar-refractivity contribution >= 4 is 28.8 Å². The molecule has 4 rings (SSSR count). The van der Waals surface area contributed by atoms with Crippen LogP contribution in [0.25, 0.3) is 0 Å². The number of fused-ring (bicyclic) bond motifs is 1. The summed E-state index contributed by atoms with van der Waals surface area (Å²) >= 11 is 1.57. The van der Waals surface area contributed by atoms with Crippen LogP contribution in [-0.4, -0.2) is 29.9 Å². The highest BCUT2D eigenvalue weighted by Crippen LogP contribution is 2.47. The number of amides is 2. The molecule has 0 unspecified atom stereocenters. The van der Waals surface area contributed by atoms with Crippen molar-refractivity contribution in [3.05, 3.63) is 52.7 Å². The number of para-hydroxylation sites is 1. The summed E-state index contributed by atoms with van der Waals surface area (Å²) in [5.41, 5.74) is 0.846. The van der Waals surface area contributed by atoms with Gasteiger partial charge in [0, 0.05) is 11.9 Å². The molecule has 2 fully saturated rings. The van der Waals surface area contributed by atoms with Gasteiger partial charge in [-0.1, -0.05) is 24.3 Å². The molecular formula is C16H14N2O3S. The zero-order valence-corrected chi connectivity index (χ0v) is 12.7. The van der Waals surface area contributed by atoms with Crippen molar-refractivity contribution < 1.29 is 14.4 Å². The smallest absolute Gasteiger partial charge is 0.261 e. The van der Waals surface area contributed by atoms with Gasteiger partial charge in [-0.2, -0.15) is 0 Å². The van der Waals surface area contributed by atoms with Gasteiger partial charge >= 0.3 is 0 Å². The SMILES string of the molecule is CN1C(=O)[C@H]2[C@@H](c3cccs3)N(c3ccccc3)O[C@H]2C1=O. The Morgan fingerprint density at radius 3 is 2.50 bits per heavy atom. The second-order valence-corrected chi connectivity index (χ2v) is 6.39. The molecule has 2 aliphatic heterocycles. The summed E-state index contributed by atoms with van der Waals surface area (Å²) in [4.78, 5) is 32.8. The number of carbonyl (C=O) groups excluding carboxylic acids is 2. The van der Waals surface area contributed by atoms with Gasteiger partial charge in [-0.25, -0.2) is 5.06 Å². The van der Waals surface area contributed by atoms with Gasteiger partial charge in [0.25, 0.3) is 5.91 Å². The molecule has 0 saturated carbocycles. The van der Waals surface area contributed by atoms with Crippen molar-refractivity contribution in [1.29, 1.82) is 0 Å². The van der Waals surface area contributed by atoms with E-state index in [9.17, 15) is 9.59 Å². The fourth-order valence-electron chi connectivity index (χ4n) is 3.10. The number of imide groups is 1. The van der Waals surface area contributed by atoms with Crippen molar-refractivity contribution in [3.8, 4) is 0 Å². The molecule has 5 nitrogen and oxygen atoms in total. The lowest BCUT2D eigenvalue weighted by Gasteiger charge is -2.26. The minimum atomic E-state index is -0.732. The van der Waals surface area contributed by atoms with E-state index >= 15 is 0 Å². The van der Waals surface area contributed by atoms with Gasteiger partial charge in [0.1, 0.15) is 12.0 Å². The first-order chi connectivity index (χ1) is 10.7. The molecule has 22 heavy (non-hydrogen) atoms. The zero-order chi connectivity index (χ0) is 15.3. The molecule has 0 aliphatic carbocycles. The third kappa shape index (κ3) is 1.81. The van der Waals surface area contributed by atoms with Crippen molar-refractivity contribution in [1.82, 2.24) is 4.90 Å². The maximum Gasteiger partial charge on any atom is 0.261 e. The van der Waals surface area contributed by atoms with E-state index in [1.54, 1.807) is 16.4 Å². The Bertz CT molecular complexity index is 716. The molecule has 1 aromatic carbocycles. The minimum absolute atomic E-state index is 0.174. The van der Waals surface area contributed by atoms with Gasteiger partial charge in [0.05, 0.1) is 5.69 Å². The maximum absolute atomic E-state index is 12.5. The quantitative estimate of drug-likeness (QED) is 0.798. The van der Waals surface area contributed by atoms with Crippen LogP contribution in [0.2, 0.25) is 0 Å². The van der Waals surface area contributed by atoms with E-state index in [-0.39, 0.29) is 17.9 Å². The Morgan fingerprint density at radius 2 is 1.82 bits per heavy atom. The molecule has 6 heteroatoms. The van der Waals surface area contributed by atoms with E-state index in [1.807, 2.05) is 47.8 Å². The van der Waals surface area contributed by atoms with Crippen LogP contribution < -0.4 is 5.06 Å². The molecule has 112 valence electrons. The van der Waals surface area contributed by atoms with Crippen LogP contribution in [0.1, 0.15) is 10.9 Å². The van der Waals surface area contributed by atoms with Crippen LogP contribution in [0.3, 0.4) is 0 Å². The van der Waals surface area contributed by atoms with E-state index < -0.39 is 12.0 Å². The Hall–Kier alpha value is -2.18. The predicted molar refractivity (Wildman–Crippen MR) is 82.1 cm³/mol. The monoisotopic (exact) mass is 314 g/mol. The first-order valence-corrected chi connectivity index (χ1v) is 7.92. The second kappa shape index (κ2) is 4.93. The molecular weight excluding hydrogens is 300 g/mol. The van der Waals surface area contributed by atoms with E-state index in [0.29, 0.717) is 0 Å². The topological polar surface area (TPSA) is 49.9 Å². The molecule has 3 heterocycles. The van der Waals surface area contributed by atoms with Gasteiger partial charge in [-0.05, 0) is 23.6 Å². The van der Waals surface area contributed by atoms with Gasteiger partial charge in [-0.15, -0.1) is 11.3 Å². The van der Waals surface area contributed by atoms with Crippen molar-refractivity contribution in [2.24, 2.45) is 5.92 Å². The number of hydroxylamine groups is 1. The average molecular weight is 314 g/mol. The summed E-state index contributed by atoms with van der Waals surface area (Å²) in [5.74, 6) is -0.932. The zero-order valence-electron chi connectivity index (χ0n) is 11.9. The minimum Gasteiger partial charge on any atom is -0.283 e. The number of hydrogen-bond donors (Lipinski definition) is 0. The summed E-state index contributed by atoms with van der Waals surface area (Å²) < 4.78 is 0. The molecule has 0 bridgehead atoms. The van der Waals surface area contributed by atoms with E-state index in [0.717, 1.165) is 10.6 Å². The highest BCUT2D eigenvalue weighted by molar-refractivity contribution is 7.10. The van der Waals surface area contributed by atoms with Gasteiger partial charge < -0.3 is 0 Å². The number of carbonyl (C=O) groups is 2. The lowest BCUT2D eigenvalue weighted by molar-refractivity contribution is -0.141. The fourth-order valence-corrected chi connectivity index (χ4v) is 3.95. The van der Waals surface area contributed by atoms with Crippen LogP contribution in [0.4, 0.5) is 5.69 Å². The second-order valence-electron chi connectivity index (χ2n) is 5.41. The summed E-state index contributed by atoms with van der Waals surface area (Å²) in [6.07, 6.45) is -0.732. The molecule has 2 amide bonds. The molecule has 2 saturated heterocycles. The van der Waals surface area contributed by atoms with Crippen LogP contribution >= 0.6 is 11.3 Å². The number of hydrogen-bond acceptors (Lipinski definition) is 5. The number of nitrogens with zero attached hydrogens (tertiary/aromatic N) is 2. The first-order valence-electron chi connectivity index (χ1n) is 7.04. The fraction of sp³-hybridized carbons (Fsp3) is 0.250. The highest BCUT2D eigenvalue weighted by Gasteiger charge is 2.59. The number of likely N-dealkylation sites (N-methyl/N-ethyl adjacent to an activating group) is 1. The largest absolute Gasteiger partial charge is 0.283 e. The standard InChI is InChI=1S/C16H14N2O3S/c1-17-15(19)12-13(11-8-5-9-22-11)18(21-14(12)16(17)20)10-6-3-2-4-7-10/h2-9,12-14H,1H3/t12-,13+,14+/m0/s1. The first kappa shape index (κ1) is 13.5. The van der Waals surface area contributed by atoms with E-state index in [4.69, 9.17) is 4.84 Å². The Kier molecular flexibility index (Phi) is 3.02. The number of likely N-dealkylation sites (tertiary alicyclic amines) is 1. The van der Waals surface area contributed by atoms with Gasteiger partial charge in [-0.3, -0.25) is 19.3 Å². The van der Waals surface area contributed by atoms with Crippen LogP contribution in [0.15, 0.2) is 47.8 Å². The highest BCUT2D eigenvalue weighted by atomic mass is 32.1. The lowest BCUT2D eigenvalue weighted by atomic mass is 9.95. The molecule has 2 aliphatic rings. The molecule has 0 spiro atoms. The van der Waals surface area contributed by atoms with Crippen LogP contribution in [0.5, 0.6) is 0 Å². The van der Waals surface area contributed by atoms with Gasteiger partial charge in [0.2, 0.25) is 5.91 Å².